The van der Waals surface area contributed by atoms with Crippen LogP contribution in [0.3, 0.4) is 0 Å². The van der Waals surface area contributed by atoms with Crippen LogP contribution in [0.15, 0.2) is 54.6 Å². The van der Waals surface area contributed by atoms with Crippen molar-refractivity contribution in [3.05, 3.63) is 65.7 Å². The highest BCUT2D eigenvalue weighted by molar-refractivity contribution is 7.99. The van der Waals surface area contributed by atoms with E-state index in [1.165, 1.54) is 5.56 Å². The molecule has 2 amide bonds. The molecule has 0 heterocycles. The summed E-state index contributed by atoms with van der Waals surface area (Å²) in [7, 11) is 1.62. The Labute approximate surface area is 190 Å². The number of nitrogens with zero attached hydrogens (tertiary/aromatic N) is 1. The van der Waals surface area contributed by atoms with Crippen LogP contribution >= 0.6 is 11.8 Å². The highest BCUT2D eigenvalue weighted by Gasteiger charge is 2.30. The summed E-state index contributed by atoms with van der Waals surface area (Å²) >= 11 is 1.57. The molecule has 5 nitrogen and oxygen atoms in total. The lowest BCUT2D eigenvalue weighted by Crippen LogP contribution is -2.53. The Morgan fingerprint density at radius 1 is 1.06 bits per heavy atom. The molecule has 0 saturated carbocycles. The van der Waals surface area contributed by atoms with Crippen molar-refractivity contribution in [3.8, 4) is 5.75 Å². The topological polar surface area (TPSA) is 58.6 Å². The standard InChI is InChI=1S/C25H34N2O3S/c1-6-22(24(29)26-25(2,3)4)27(16-20-13-10-14-21(15-20)30-5)23(28)18-31-17-19-11-8-7-9-12-19/h7-15,22H,6,16-18H2,1-5H3,(H,26,29)/t22-/m1/s1. The summed E-state index contributed by atoms with van der Waals surface area (Å²) in [6.45, 7) is 8.14. The number of rotatable bonds is 10. The molecular formula is C25H34N2O3S. The number of hydrogen-bond acceptors (Lipinski definition) is 4. The van der Waals surface area contributed by atoms with Crippen LogP contribution in [0.5, 0.6) is 5.75 Å². The van der Waals surface area contributed by atoms with Gasteiger partial charge in [0.2, 0.25) is 11.8 Å². The van der Waals surface area contributed by atoms with Crippen LogP contribution in [0.1, 0.15) is 45.2 Å². The summed E-state index contributed by atoms with van der Waals surface area (Å²) in [6, 6.07) is 17.2. The fourth-order valence-corrected chi connectivity index (χ4v) is 4.12. The molecule has 2 aromatic carbocycles. The molecule has 0 spiro atoms. The summed E-state index contributed by atoms with van der Waals surface area (Å²) in [5.74, 6) is 1.64. The minimum absolute atomic E-state index is 0.0420. The van der Waals surface area contributed by atoms with Gasteiger partial charge in [-0.2, -0.15) is 0 Å². The van der Waals surface area contributed by atoms with E-state index in [4.69, 9.17) is 4.74 Å². The number of carbonyl (C=O) groups excluding carboxylic acids is 2. The van der Waals surface area contributed by atoms with E-state index in [2.05, 4.69) is 17.4 Å². The van der Waals surface area contributed by atoms with E-state index in [9.17, 15) is 9.59 Å². The molecule has 1 atom stereocenters. The predicted octanol–water partition coefficient (Wildman–Crippen LogP) is 4.65. The zero-order valence-electron chi connectivity index (χ0n) is 19.2. The van der Waals surface area contributed by atoms with Gasteiger partial charge in [0.25, 0.3) is 0 Å². The van der Waals surface area contributed by atoms with Gasteiger partial charge in [0.05, 0.1) is 12.9 Å². The van der Waals surface area contributed by atoms with Crippen molar-refractivity contribution in [1.82, 2.24) is 10.2 Å². The molecule has 0 aliphatic carbocycles. The Hall–Kier alpha value is -2.47. The first-order valence-electron chi connectivity index (χ1n) is 10.6. The molecule has 31 heavy (non-hydrogen) atoms. The molecule has 0 unspecified atom stereocenters. The fourth-order valence-electron chi connectivity index (χ4n) is 3.25. The van der Waals surface area contributed by atoms with Gasteiger partial charge in [-0.05, 0) is 50.5 Å². The van der Waals surface area contributed by atoms with E-state index in [-0.39, 0.29) is 17.4 Å². The Kier molecular flexibility index (Phi) is 9.44. The Balaban J connectivity index is 2.18. The number of hydrogen-bond donors (Lipinski definition) is 1. The predicted molar refractivity (Wildman–Crippen MR) is 128 cm³/mol. The minimum atomic E-state index is -0.532. The second-order valence-electron chi connectivity index (χ2n) is 8.51. The Morgan fingerprint density at radius 2 is 1.74 bits per heavy atom. The second-order valence-corrected chi connectivity index (χ2v) is 9.50. The van der Waals surface area contributed by atoms with Crippen molar-refractivity contribution in [2.45, 2.75) is 58.0 Å². The van der Waals surface area contributed by atoms with E-state index >= 15 is 0 Å². The molecule has 0 radical (unpaired) electrons. The van der Waals surface area contributed by atoms with Crippen LogP contribution in [-0.2, 0) is 21.9 Å². The third-order valence-corrected chi connectivity index (χ3v) is 5.70. The summed E-state index contributed by atoms with van der Waals surface area (Å²) in [6.07, 6.45) is 0.543. The highest BCUT2D eigenvalue weighted by atomic mass is 32.2. The molecular weight excluding hydrogens is 408 g/mol. The first-order chi connectivity index (χ1) is 14.7. The number of benzene rings is 2. The van der Waals surface area contributed by atoms with Gasteiger partial charge in [-0.1, -0.05) is 49.4 Å². The lowest BCUT2D eigenvalue weighted by molar-refractivity contribution is -0.140. The monoisotopic (exact) mass is 442 g/mol. The van der Waals surface area contributed by atoms with Crippen LogP contribution in [0.25, 0.3) is 0 Å². The zero-order valence-corrected chi connectivity index (χ0v) is 20.0. The van der Waals surface area contributed by atoms with Crippen molar-refractivity contribution >= 4 is 23.6 Å². The zero-order chi connectivity index (χ0) is 22.9. The van der Waals surface area contributed by atoms with E-state index < -0.39 is 6.04 Å². The van der Waals surface area contributed by atoms with E-state index in [1.54, 1.807) is 23.8 Å². The largest absolute Gasteiger partial charge is 0.497 e. The number of thioether (sulfide) groups is 1. The number of nitrogens with one attached hydrogen (secondary N) is 1. The molecule has 0 aromatic heterocycles. The number of methoxy groups -OCH3 is 1. The highest BCUT2D eigenvalue weighted by Crippen LogP contribution is 2.20. The van der Waals surface area contributed by atoms with Crippen molar-refractivity contribution < 1.29 is 14.3 Å². The molecule has 0 saturated heterocycles. The first-order valence-corrected chi connectivity index (χ1v) is 11.7. The van der Waals surface area contributed by atoms with Gasteiger partial charge < -0.3 is 15.0 Å². The third kappa shape index (κ3) is 8.29. The minimum Gasteiger partial charge on any atom is -0.497 e. The molecule has 0 bridgehead atoms. The molecule has 2 rings (SSSR count). The van der Waals surface area contributed by atoms with Crippen LogP contribution < -0.4 is 10.1 Å². The van der Waals surface area contributed by atoms with E-state index in [0.717, 1.165) is 17.1 Å². The molecule has 6 heteroatoms. The summed E-state index contributed by atoms with van der Waals surface area (Å²) in [5.41, 5.74) is 1.75. The number of carbonyl (C=O) groups is 2. The summed E-state index contributed by atoms with van der Waals surface area (Å²) < 4.78 is 5.32. The normalized spacial score (nSPS) is 12.2. The average Bonchev–Trinajstić information content (AvgIpc) is 2.73. The van der Waals surface area contributed by atoms with Gasteiger partial charge in [0.1, 0.15) is 11.8 Å². The molecule has 0 aliphatic rings. The van der Waals surface area contributed by atoms with Crippen LogP contribution in [0.2, 0.25) is 0 Å². The smallest absolute Gasteiger partial charge is 0.243 e. The van der Waals surface area contributed by atoms with Gasteiger partial charge in [-0.3, -0.25) is 9.59 Å². The Morgan fingerprint density at radius 3 is 2.35 bits per heavy atom. The maximum Gasteiger partial charge on any atom is 0.243 e. The fraction of sp³-hybridized carbons (Fsp3) is 0.440. The van der Waals surface area contributed by atoms with Gasteiger partial charge >= 0.3 is 0 Å². The van der Waals surface area contributed by atoms with E-state index in [1.807, 2.05) is 70.2 Å². The van der Waals surface area contributed by atoms with Gasteiger partial charge in [-0.15, -0.1) is 11.8 Å². The van der Waals surface area contributed by atoms with Gasteiger partial charge in [0.15, 0.2) is 0 Å². The molecule has 2 aromatic rings. The SMILES string of the molecule is CC[C@H](C(=O)NC(C)(C)C)N(Cc1cccc(OC)c1)C(=O)CSCc1ccccc1. The van der Waals surface area contributed by atoms with Crippen LogP contribution in [-0.4, -0.2) is 41.2 Å². The van der Waals surface area contributed by atoms with Crippen molar-refractivity contribution in [2.24, 2.45) is 0 Å². The molecule has 0 fully saturated rings. The quantitative estimate of drug-likeness (QED) is 0.582. The summed E-state index contributed by atoms with van der Waals surface area (Å²) in [5, 5.41) is 3.03. The lowest BCUT2D eigenvalue weighted by Gasteiger charge is -2.33. The second kappa shape index (κ2) is 11.8. The van der Waals surface area contributed by atoms with E-state index in [0.29, 0.717) is 18.7 Å². The molecule has 0 aliphatic heterocycles. The maximum atomic E-state index is 13.3. The third-order valence-electron chi connectivity index (χ3n) is 4.71. The molecule has 1 N–H and O–H groups in total. The van der Waals surface area contributed by atoms with Crippen LogP contribution in [0.4, 0.5) is 0 Å². The number of ether oxygens (including phenoxy) is 1. The lowest BCUT2D eigenvalue weighted by atomic mass is 10.1. The van der Waals surface area contributed by atoms with Crippen molar-refractivity contribution in [2.75, 3.05) is 12.9 Å². The van der Waals surface area contributed by atoms with Crippen LogP contribution in [0, 0.1) is 0 Å². The van der Waals surface area contributed by atoms with Gasteiger partial charge in [-0.25, -0.2) is 0 Å². The van der Waals surface area contributed by atoms with Gasteiger partial charge in [0, 0.05) is 17.8 Å². The maximum absolute atomic E-state index is 13.3. The van der Waals surface area contributed by atoms with Crippen molar-refractivity contribution in [3.63, 3.8) is 0 Å². The Bertz CT molecular complexity index is 849. The number of amides is 2. The van der Waals surface area contributed by atoms with Crippen molar-refractivity contribution in [1.29, 1.82) is 0 Å². The summed E-state index contributed by atoms with van der Waals surface area (Å²) in [4.78, 5) is 28.0. The molecule has 168 valence electrons. The first kappa shape index (κ1) is 24.8. The average molecular weight is 443 g/mol.